The maximum Gasteiger partial charge on any atom is 0.332 e. The highest BCUT2D eigenvalue weighted by Crippen LogP contribution is 2.34. The number of halogens is 2. The fourth-order valence-corrected chi connectivity index (χ4v) is 4.45. The van der Waals surface area contributed by atoms with Crippen molar-refractivity contribution < 1.29 is 28.2 Å². The molecule has 4 rings (SSSR count). The Morgan fingerprint density at radius 3 is 2.29 bits per heavy atom. The zero-order valence-corrected chi connectivity index (χ0v) is 23.2. The molecule has 2 saturated heterocycles. The van der Waals surface area contributed by atoms with Crippen molar-refractivity contribution in [2.75, 3.05) is 25.6 Å². The number of nitrogens with one attached hydrogen (secondary N) is 1. The van der Waals surface area contributed by atoms with Crippen molar-refractivity contribution in [2.45, 2.75) is 64.9 Å². The van der Waals surface area contributed by atoms with E-state index in [4.69, 9.17) is 25.8 Å². The number of urea groups is 2. The summed E-state index contributed by atoms with van der Waals surface area (Å²) in [7, 11) is 1.58. The summed E-state index contributed by atoms with van der Waals surface area (Å²) in [4.78, 5) is 31.7. The highest BCUT2D eigenvalue weighted by molar-refractivity contribution is 6.30. The van der Waals surface area contributed by atoms with Crippen molar-refractivity contribution in [3.8, 4) is 5.75 Å². The molecule has 0 saturated carbocycles. The second-order valence-electron chi connectivity index (χ2n) is 10.6. The monoisotopic (exact) mass is 548 g/mol. The maximum atomic E-state index is 14.7. The van der Waals surface area contributed by atoms with Gasteiger partial charge in [-0.1, -0.05) is 23.7 Å². The molecule has 0 radical (unpaired) electrons. The average Bonchev–Trinajstić information content (AvgIpc) is 2.85. The van der Waals surface area contributed by atoms with Gasteiger partial charge in [-0.3, -0.25) is 9.80 Å². The van der Waals surface area contributed by atoms with Crippen molar-refractivity contribution in [1.29, 1.82) is 0 Å². The lowest BCUT2D eigenvalue weighted by Crippen LogP contribution is -2.74. The van der Waals surface area contributed by atoms with E-state index in [0.717, 1.165) is 5.56 Å². The van der Waals surface area contributed by atoms with E-state index in [9.17, 15) is 14.0 Å². The van der Waals surface area contributed by atoms with Gasteiger partial charge in [0.2, 0.25) is 0 Å². The minimum Gasteiger partial charge on any atom is -0.488 e. The first-order valence-electron chi connectivity index (χ1n) is 12.4. The van der Waals surface area contributed by atoms with E-state index in [1.807, 2.05) is 26.0 Å². The van der Waals surface area contributed by atoms with Gasteiger partial charge in [0.15, 0.2) is 23.6 Å². The Morgan fingerprint density at radius 1 is 1.08 bits per heavy atom. The molecule has 206 valence electrons. The topological polar surface area (TPSA) is 83.6 Å². The van der Waals surface area contributed by atoms with Crippen LogP contribution in [0.5, 0.6) is 5.75 Å². The number of rotatable bonds is 7. The van der Waals surface area contributed by atoms with E-state index in [1.54, 1.807) is 46.0 Å². The zero-order chi connectivity index (χ0) is 27.8. The van der Waals surface area contributed by atoms with E-state index in [-0.39, 0.29) is 31.6 Å². The number of hydrogen-bond acceptors (Lipinski definition) is 6. The molecule has 1 unspecified atom stereocenters. The van der Waals surface area contributed by atoms with Gasteiger partial charge in [-0.15, -0.1) is 0 Å². The van der Waals surface area contributed by atoms with E-state index in [2.05, 4.69) is 5.32 Å². The second-order valence-corrected chi connectivity index (χ2v) is 11.0. The molecule has 2 heterocycles. The molecule has 1 N–H and O–H groups in total. The lowest BCUT2D eigenvalue weighted by atomic mass is 10.0. The van der Waals surface area contributed by atoms with E-state index in [0.29, 0.717) is 10.7 Å². The number of anilines is 1. The van der Waals surface area contributed by atoms with Crippen molar-refractivity contribution in [2.24, 2.45) is 0 Å². The first-order chi connectivity index (χ1) is 17.8. The van der Waals surface area contributed by atoms with Gasteiger partial charge in [-0.05, 0) is 64.4 Å². The number of benzene rings is 2. The van der Waals surface area contributed by atoms with Gasteiger partial charge >= 0.3 is 12.1 Å². The Morgan fingerprint density at radius 2 is 1.71 bits per heavy atom. The van der Waals surface area contributed by atoms with Crippen LogP contribution in [-0.4, -0.2) is 70.7 Å². The molecular weight excluding hydrogens is 515 g/mol. The van der Waals surface area contributed by atoms with Crippen LogP contribution in [0.15, 0.2) is 42.5 Å². The number of imide groups is 1. The third-order valence-electron chi connectivity index (χ3n) is 6.45. The van der Waals surface area contributed by atoms with Crippen LogP contribution in [0.4, 0.5) is 19.7 Å². The van der Waals surface area contributed by atoms with Crippen molar-refractivity contribution >= 4 is 29.4 Å². The van der Waals surface area contributed by atoms with Crippen molar-refractivity contribution in [1.82, 2.24) is 14.7 Å². The van der Waals surface area contributed by atoms with Crippen LogP contribution >= 0.6 is 11.6 Å². The molecule has 4 amide bonds. The summed E-state index contributed by atoms with van der Waals surface area (Å²) in [6, 6.07) is 10.4. The van der Waals surface area contributed by atoms with Crippen molar-refractivity contribution in [3.05, 3.63) is 58.9 Å². The Bertz CT molecular complexity index is 1180. The summed E-state index contributed by atoms with van der Waals surface area (Å²) in [6.07, 6.45) is -1.10. The Balaban J connectivity index is 1.66. The van der Waals surface area contributed by atoms with Gasteiger partial charge < -0.3 is 19.5 Å². The number of carbonyl (C=O) groups excluding carboxylic acids is 2. The molecule has 1 atom stereocenters. The molecule has 2 aliphatic heterocycles. The number of amides is 4. The molecule has 0 bridgehead atoms. The molecule has 38 heavy (non-hydrogen) atoms. The van der Waals surface area contributed by atoms with Gasteiger partial charge in [0.25, 0.3) is 0 Å². The largest absolute Gasteiger partial charge is 0.488 e. The average molecular weight is 549 g/mol. The quantitative estimate of drug-likeness (QED) is 0.492. The number of carbonyl (C=O) groups is 2. The molecule has 0 spiro atoms. The summed E-state index contributed by atoms with van der Waals surface area (Å²) in [5, 5.41) is 3.71. The molecular formula is C27H34ClFN4O5. The SMILES string of the molecule is CC(C)Oc1ccc(NC2N(C)C(=O)N(C3(C)COC(C)(C)OC3)C(=O)N2Cc2ccc(Cl)cc2)cc1F. The summed E-state index contributed by atoms with van der Waals surface area (Å²) in [5.74, 6) is -1.26. The van der Waals surface area contributed by atoms with Crippen LogP contribution in [0.3, 0.4) is 0 Å². The highest BCUT2D eigenvalue weighted by atomic mass is 35.5. The summed E-state index contributed by atoms with van der Waals surface area (Å²) in [5.41, 5.74) is 0.137. The van der Waals surface area contributed by atoms with Gasteiger partial charge in [0, 0.05) is 23.8 Å². The van der Waals surface area contributed by atoms with Crippen molar-refractivity contribution in [3.63, 3.8) is 0 Å². The van der Waals surface area contributed by atoms with Gasteiger partial charge in [-0.25, -0.2) is 18.9 Å². The number of nitrogens with zero attached hydrogens (tertiary/aromatic N) is 3. The standard InChI is InChI=1S/C27H34ClFN4O5/c1-17(2)38-22-12-11-20(13-21(22)29)30-23-31(6)24(34)33(27(5)15-36-26(3,4)37-16-27)25(35)32(23)14-18-7-9-19(28)10-8-18/h7-13,17,23,30H,14-16H2,1-6H3. The van der Waals surface area contributed by atoms with E-state index < -0.39 is 35.5 Å². The van der Waals surface area contributed by atoms with Crippen LogP contribution in [0, 0.1) is 5.82 Å². The predicted octanol–water partition coefficient (Wildman–Crippen LogP) is 5.49. The maximum absolute atomic E-state index is 14.7. The minimum absolute atomic E-state index is 0.112. The Kier molecular flexibility index (Phi) is 7.79. The van der Waals surface area contributed by atoms with Crippen LogP contribution in [0.1, 0.15) is 40.2 Å². The molecule has 2 aromatic carbocycles. The molecule has 9 nitrogen and oxygen atoms in total. The third-order valence-corrected chi connectivity index (χ3v) is 6.70. The van der Waals surface area contributed by atoms with Gasteiger partial charge in [0.05, 0.1) is 31.4 Å². The Labute approximate surface area is 227 Å². The normalized spacial score (nSPS) is 21.2. The number of hydrogen-bond donors (Lipinski definition) is 1. The second kappa shape index (κ2) is 10.6. The number of ether oxygens (including phenoxy) is 3. The molecule has 2 fully saturated rings. The van der Waals surface area contributed by atoms with Gasteiger partial charge in [-0.2, -0.15) is 0 Å². The van der Waals surface area contributed by atoms with Crippen LogP contribution < -0.4 is 10.1 Å². The molecule has 0 aromatic heterocycles. The first kappa shape index (κ1) is 27.9. The minimum atomic E-state index is -1.04. The molecule has 0 aliphatic carbocycles. The first-order valence-corrected chi connectivity index (χ1v) is 12.8. The highest BCUT2D eigenvalue weighted by Gasteiger charge is 2.53. The van der Waals surface area contributed by atoms with Crippen LogP contribution in [0.25, 0.3) is 0 Å². The fraction of sp³-hybridized carbons (Fsp3) is 0.481. The molecule has 11 heteroatoms. The van der Waals surface area contributed by atoms with Crippen LogP contribution in [0.2, 0.25) is 5.02 Å². The predicted molar refractivity (Wildman–Crippen MR) is 141 cm³/mol. The summed E-state index contributed by atoms with van der Waals surface area (Å²) < 4.78 is 31.9. The zero-order valence-electron chi connectivity index (χ0n) is 22.5. The molecule has 2 aliphatic rings. The lowest BCUT2D eigenvalue weighted by molar-refractivity contribution is -0.278. The summed E-state index contributed by atoms with van der Waals surface area (Å²) in [6.45, 7) is 9.31. The summed E-state index contributed by atoms with van der Waals surface area (Å²) >= 11 is 6.06. The van der Waals surface area contributed by atoms with E-state index in [1.165, 1.54) is 26.8 Å². The molecule has 2 aromatic rings. The van der Waals surface area contributed by atoms with Gasteiger partial charge in [0.1, 0.15) is 0 Å². The van der Waals surface area contributed by atoms with Crippen LogP contribution in [-0.2, 0) is 16.0 Å². The smallest absolute Gasteiger partial charge is 0.332 e. The Hall–Kier alpha value is -3.08. The van der Waals surface area contributed by atoms with E-state index >= 15 is 0 Å². The third kappa shape index (κ3) is 5.82. The fourth-order valence-electron chi connectivity index (χ4n) is 4.32. The lowest BCUT2D eigenvalue weighted by Gasteiger charge is -2.53.